The maximum atomic E-state index is 15.2. The zero-order valence-corrected chi connectivity index (χ0v) is 65.8. The van der Waals surface area contributed by atoms with Crippen LogP contribution in [0.3, 0.4) is 0 Å². The third kappa shape index (κ3) is 14.6. The molecular weight excluding hydrogens is 1380 g/mol. The Balaban J connectivity index is 0.857. The Hall–Kier alpha value is -9.04. The number of carboxylic acid groups (broad SMARTS) is 2. The van der Waals surface area contributed by atoms with E-state index in [1.54, 1.807) is 48.5 Å². The summed E-state index contributed by atoms with van der Waals surface area (Å²) in [6, 6.07) is 58.3. The van der Waals surface area contributed by atoms with Crippen LogP contribution in [0.4, 0.5) is 22.7 Å². The van der Waals surface area contributed by atoms with Crippen LogP contribution in [0.15, 0.2) is 170 Å². The quantitative estimate of drug-likeness (QED) is 0.0182. The smallest absolute Gasteiger partial charge is 0.335 e. The number of fused-ring (bicyclic) bond motifs is 2. The van der Waals surface area contributed by atoms with Gasteiger partial charge in [0, 0.05) is 72.6 Å². The number of nitrogens with zero attached hydrogens (tertiary/aromatic N) is 2. The van der Waals surface area contributed by atoms with Crippen LogP contribution in [-0.4, -0.2) is 34.0 Å². The summed E-state index contributed by atoms with van der Waals surface area (Å²) in [5.41, 5.74) is 14.7. The fourth-order valence-electron chi connectivity index (χ4n) is 16.1. The first kappa shape index (κ1) is 73.8. The van der Waals surface area contributed by atoms with E-state index < -0.39 is 11.9 Å². The van der Waals surface area contributed by atoms with Crippen LogP contribution in [-0.2, 0) is 25.7 Å². The summed E-state index contributed by atoms with van der Waals surface area (Å²) in [6.45, 7) is 17.7. The average Bonchev–Trinajstić information content (AvgIpc) is 0.988. The maximum absolute atomic E-state index is 15.2. The second kappa shape index (κ2) is 32.6. The Morgan fingerprint density at radius 2 is 0.717 bits per heavy atom. The number of anilines is 4. The highest BCUT2D eigenvalue weighted by atomic mass is 32.1. The molecule has 8 nitrogen and oxygen atoms in total. The van der Waals surface area contributed by atoms with Crippen LogP contribution in [0.2, 0.25) is 0 Å². The van der Waals surface area contributed by atoms with Crippen LogP contribution in [0.25, 0.3) is 93.2 Å². The molecule has 1 aliphatic heterocycles. The van der Waals surface area contributed by atoms with Crippen LogP contribution in [0.5, 0.6) is 0 Å². The number of aromatic carboxylic acids is 2. The van der Waals surface area contributed by atoms with E-state index in [0.29, 0.717) is 11.1 Å². The SMILES string of the molecule is CCCCCCc1cc(-c2ccc(N(c3ccc(C(=O)O)cc3)c3ccc(C(=O)O)cc3)cc2)sc1-c1cc(CCCCCC)c(-c2cc(CCCCCC)c(-c3cc(CCCCCC)c(-c4ccc5c6ccc7c8c(ccc(c9cccc4c95)c86)C(=O)N(c4c(C(C)C)cccc4C(C)C)C7=O)s3)s2)s1. The number of benzene rings is 9. The normalized spacial score (nSPS) is 12.5. The molecule has 0 radical (unpaired) electrons. The molecule has 0 bridgehead atoms. The summed E-state index contributed by atoms with van der Waals surface area (Å²) < 4.78 is 0. The highest BCUT2D eigenvalue weighted by Gasteiger charge is 2.38. The van der Waals surface area contributed by atoms with E-state index in [4.69, 9.17) is 0 Å². The molecule has 4 aromatic heterocycles. The molecule has 542 valence electrons. The molecule has 2 N–H and O–H groups in total. The van der Waals surface area contributed by atoms with Crippen LogP contribution in [0.1, 0.15) is 245 Å². The first-order valence-electron chi connectivity index (χ1n) is 38.9. The number of imide groups is 1. The molecule has 0 spiro atoms. The van der Waals surface area contributed by atoms with Crippen molar-refractivity contribution in [3.8, 4) is 50.1 Å². The number of unbranched alkanes of at least 4 members (excludes halogenated alkanes) is 12. The fraction of sp³-hybridized carbons (Fsp3) is 0.319. The number of hydrogen-bond acceptors (Lipinski definition) is 9. The molecule has 0 fully saturated rings. The molecule has 106 heavy (non-hydrogen) atoms. The lowest BCUT2D eigenvalue weighted by Crippen LogP contribution is -2.41. The number of aryl methyl sites for hydroxylation is 4. The number of para-hydroxylation sites is 1. The van der Waals surface area contributed by atoms with Gasteiger partial charge in [0.2, 0.25) is 0 Å². The summed E-state index contributed by atoms with van der Waals surface area (Å²) in [7, 11) is 0. The summed E-state index contributed by atoms with van der Waals surface area (Å²) >= 11 is 7.89. The lowest BCUT2D eigenvalue weighted by Gasteiger charge is -2.32. The maximum Gasteiger partial charge on any atom is 0.335 e. The van der Waals surface area contributed by atoms with Crippen molar-refractivity contribution in [3.05, 3.63) is 225 Å². The van der Waals surface area contributed by atoms with Gasteiger partial charge < -0.3 is 15.1 Å². The Bertz CT molecular complexity index is 5220. The standard InChI is InChI=1S/C94H96N2O6S4/c1-9-13-17-21-27-62-54-80(104-87(62)76-50-47-73-75-49-52-78-85-77(51-48-74(84(75)85)71-33-26-34-72(76)83(71)73)91(97)96(92(78)98)86-69(57(5)6)31-25-32-70(86)58(7)8)89-64(29-23-19-15-11-3)56-82(106-89)90-65(30-24-20-16-12-4)55-81(105-90)88-63(28-22-18-14-10-2)53-79(103-88)59-35-41-66(42-36-59)95(67-43-37-60(38-44-67)93(99)100)68-45-39-61(40-46-68)94(101)102/h25-26,31-58H,9-24,27-30H2,1-8H3,(H,99,100)(H,101,102). The highest BCUT2D eigenvalue weighted by Crippen LogP contribution is 2.54. The molecule has 0 saturated carbocycles. The van der Waals surface area contributed by atoms with Crippen molar-refractivity contribution in [1.29, 1.82) is 0 Å². The van der Waals surface area contributed by atoms with E-state index in [2.05, 4.69) is 165 Å². The predicted octanol–water partition coefficient (Wildman–Crippen LogP) is 28.7. The molecule has 13 aromatic rings. The molecule has 0 aliphatic carbocycles. The number of carboxylic acids is 2. The Morgan fingerprint density at radius 3 is 1.13 bits per heavy atom. The van der Waals surface area contributed by atoms with Gasteiger partial charge in [0.05, 0.1) is 16.8 Å². The van der Waals surface area contributed by atoms with Gasteiger partial charge in [0.1, 0.15) is 0 Å². The zero-order chi connectivity index (χ0) is 73.9. The number of carbonyl (C=O) groups excluding carboxylic acids is 2. The van der Waals surface area contributed by atoms with E-state index in [0.717, 1.165) is 123 Å². The van der Waals surface area contributed by atoms with Crippen molar-refractivity contribution < 1.29 is 29.4 Å². The van der Waals surface area contributed by atoms with E-state index >= 15 is 9.59 Å². The minimum atomic E-state index is -0.998. The van der Waals surface area contributed by atoms with Gasteiger partial charge in [0.25, 0.3) is 11.8 Å². The van der Waals surface area contributed by atoms with E-state index in [1.165, 1.54) is 160 Å². The zero-order valence-electron chi connectivity index (χ0n) is 62.5. The molecule has 0 saturated heterocycles. The number of amides is 2. The van der Waals surface area contributed by atoms with Gasteiger partial charge >= 0.3 is 11.9 Å². The highest BCUT2D eigenvalue weighted by molar-refractivity contribution is 7.29. The van der Waals surface area contributed by atoms with Gasteiger partial charge in [-0.05, 0) is 242 Å². The average molecular weight is 1480 g/mol. The van der Waals surface area contributed by atoms with Crippen molar-refractivity contribution in [2.75, 3.05) is 9.80 Å². The molecule has 12 heteroatoms. The molecule has 1 aliphatic rings. The largest absolute Gasteiger partial charge is 0.478 e. The fourth-order valence-corrected chi connectivity index (χ4v) is 21.4. The summed E-state index contributed by atoms with van der Waals surface area (Å²) in [6.07, 6.45) is 23.0. The van der Waals surface area contributed by atoms with Crippen molar-refractivity contribution in [1.82, 2.24) is 0 Å². The predicted molar refractivity (Wildman–Crippen MR) is 452 cm³/mol. The van der Waals surface area contributed by atoms with E-state index in [9.17, 15) is 19.8 Å². The Labute approximate surface area is 640 Å². The number of hydrogen-bond donors (Lipinski definition) is 2. The summed E-state index contributed by atoms with van der Waals surface area (Å²) in [5.74, 6) is -2.31. The van der Waals surface area contributed by atoms with E-state index in [-0.39, 0.29) is 34.8 Å². The molecule has 14 rings (SSSR count). The van der Waals surface area contributed by atoms with Gasteiger partial charge in [-0.2, -0.15) is 0 Å². The second-order valence-corrected chi connectivity index (χ2v) is 33.9. The van der Waals surface area contributed by atoms with Crippen molar-refractivity contribution >= 4 is 135 Å². The lowest BCUT2D eigenvalue weighted by atomic mass is 9.83. The van der Waals surface area contributed by atoms with Gasteiger partial charge in [-0.3, -0.25) is 9.59 Å². The monoisotopic (exact) mass is 1480 g/mol. The van der Waals surface area contributed by atoms with Gasteiger partial charge in [0.15, 0.2) is 0 Å². The van der Waals surface area contributed by atoms with Crippen molar-refractivity contribution in [2.45, 2.75) is 196 Å². The minimum absolute atomic E-state index is 0.108. The van der Waals surface area contributed by atoms with Gasteiger partial charge in [-0.15, -0.1) is 45.3 Å². The molecule has 0 unspecified atom stereocenters. The van der Waals surface area contributed by atoms with Gasteiger partial charge in [-0.25, -0.2) is 14.5 Å². The third-order valence-electron chi connectivity index (χ3n) is 21.7. The third-order valence-corrected chi connectivity index (χ3v) is 27.1. The first-order valence-corrected chi connectivity index (χ1v) is 42.1. The molecule has 9 aromatic carbocycles. The number of carbonyl (C=O) groups is 4. The summed E-state index contributed by atoms with van der Waals surface area (Å²) in [5, 5.41) is 28.1. The molecular formula is C94H96N2O6S4. The number of thiophene rings is 4. The first-order chi connectivity index (χ1) is 51.6. The molecule has 2 amide bonds. The van der Waals surface area contributed by atoms with Crippen molar-refractivity contribution in [2.24, 2.45) is 0 Å². The Kier molecular flexibility index (Phi) is 22.7. The molecule has 5 heterocycles. The minimum Gasteiger partial charge on any atom is -0.478 e. The topological polar surface area (TPSA) is 115 Å². The van der Waals surface area contributed by atoms with Crippen LogP contribution in [0, 0.1) is 0 Å². The lowest BCUT2D eigenvalue weighted by molar-refractivity contribution is 0.0686. The van der Waals surface area contributed by atoms with E-state index in [1.807, 2.05) is 62.4 Å². The van der Waals surface area contributed by atoms with Crippen molar-refractivity contribution in [3.63, 3.8) is 0 Å². The summed E-state index contributed by atoms with van der Waals surface area (Å²) in [4.78, 5) is 68.5. The number of rotatable bonds is 33. The van der Waals surface area contributed by atoms with Crippen LogP contribution >= 0.6 is 45.3 Å². The molecule has 0 atom stereocenters. The van der Waals surface area contributed by atoms with Crippen LogP contribution < -0.4 is 9.80 Å². The second-order valence-electron chi connectivity index (χ2n) is 29.7. The Morgan fingerprint density at radius 1 is 0.368 bits per heavy atom. The van der Waals surface area contributed by atoms with Gasteiger partial charge in [-0.1, -0.05) is 205 Å².